The Morgan fingerprint density at radius 3 is 2.74 bits per heavy atom. The summed E-state index contributed by atoms with van der Waals surface area (Å²) in [6.45, 7) is 1.64. The highest BCUT2D eigenvalue weighted by molar-refractivity contribution is 5.75. The van der Waals surface area contributed by atoms with Gasteiger partial charge in [0.25, 0.3) is 0 Å². The molecule has 0 aromatic heterocycles. The third-order valence-corrected chi connectivity index (χ3v) is 3.50. The summed E-state index contributed by atoms with van der Waals surface area (Å²) in [6.07, 6.45) is 1.99. The molecule has 1 aliphatic heterocycles. The molecule has 1 aliphatic carbocycles. The van der Waals surface area contributed by atoms with Crippen LogP contribution in [0.3, 0.4) is 0 Å². The molecule has 1 aromatic carbocycles. The number of halogens is 1. The van der Waals surface area contributed by atoms with Gasteiger partial charge in [-0.2, -0.15) is 0 Å². The zero-order chi connectivity index (χ0) is 13.2. The smallest absolute Gasteiger partial charge is 0.317 e. The largest absolute Gasteiger partial charge is 0.370 e. The van der Waals surface area contributed by atoms with E-state index in [0.717, 1.165) is 18.4 Å². The molecule has 2 aliphatic rings. The van der Waals surface area contributed by atoms with E-state index in [1.807, 2.05) is 0 Å². The van der Waals surface area contributed by atoms with Gasteiger partial charge in [0, 0.05) is 12.6 Å². The van der Waals surface area contributed by atoms with E-state index in [4.69, 9.17) is 4.74 Å². The fourth-order valence-corrected chi connectivity index (χ4v) is 2.21. The van der Waals surface area contributed by atoms with Crippen molar-refractivity contribution in [2.45, 2.75) is 25.0 Å². The van der Waals surface area contributed by atoms with Crippen LogP contribution >= 0.6 is 0 Å². The summed E-state index contributed by atoms with van der Waals surface area (Å²) in [6, 6.07) is 6.60. The van der Waals surface area contributed by atoms with E-state index >= 15 is 0 Å². The summed E-state index contributed by atoms with van der Waals surface area (Å²) >= 11 is 0. The monoisotopic (exact) mass is 264 g/mol. The van der Waals surface area contributed by atoms with E-state index in [1.165, 1.54) is 12.1 Å². The minimum Gasteiger partial charge on any atom is -0.370 e. The number of benzene rings is 1. The van der Waals surface area contributed by atoms with Crippen molar-refractivity contribution in [2.75, 3.05) is 19.7 Å². The molecule has 1 atom stereocenters. The molecule has 0 radical (unpaired) electrons. The van der Waals surface area contributed by atoms with Crippen LogP contribution < -0.4 is 5.32 Å². The molecule has 3 rings (SSSR count). The van der Waals surface area contributed by atoms with Crippen molar-refractivity contribution in [2.24, 2.45) is 0 Å². The van der Waals surface area contributed by atoms with Crippen molar-refractivity contribution in [3.63, 3.8) is 0 Å². The van der Waals surface area contributed by atoms with Crippen LogP contribution in [0.5, 0.6) is 0 Å². The maximum absolute atomic E-state index is 12.9. The molecule has 1 unspecified atom stereocenters. The van der Waals surface area contributed by atoms with Gasteiger partial charge in [0.1, 0.15) is 11.9 Å². The number of urea groups is 1. The van der Waals surface area contributed by atoms with E-state index in [9.17, 15) is 9.18 Å². The topological polar surface area (TPSA) is 41.6 Å². The Hall–Kier alpha value is -1.62. The second kappa shape index (κ2) is 5.17. The van der Waals surface area contributed by atoms with Crippen LogP contribution in [0, 0.1) is 5.82 Å². The Morgan fingerprint density at radius 2 is 2.05 bits per heavy atom. The van der Waals surface area contributed by atoms with Crippen LogP contribution in [0.15, 0.2) is 24.3 Å². The van der Waals surface area contributed by atoms with Crippen LogP contribution in [0.1, 0.15) is 24.5 Å². The molecule has 1 aromatic rings. The molecule has 0 bridgehead atoms. The van der Waals surface area contributed by atoms with Gasteiger partial charge in [-0.15, -0.1) is 0 Å². The molecule has 102 valence electrons. The lowest BCUT2D eigenvalue weighted by molar-refractivity contribution is -0.0155. The van der Waals surface area contributed by atoms with Gasteiger partial charge < -0.3 is 15.0 Å². The van der Waals surface area contributed by atoms with Gasteiger partial charge in [-0.05, 0) is 30.5 Å². The molecule has 4 nitrogen and oxygen atoms in total. The Kier molecular flexibility index (Phi) is 3.38. The molecule has 2 amide bonds. The quantitative estimate of drug-likeness (QED) is 0.888. The van der Waals surface area contributed by atoms with Crippen molar-refractivity contribution in [3.05, 3.63) is 35.6 Å². The number of nitrogens with zero attached hydrogens (tertiary/aromatic N) is 1. The minimum atomic E-state index is -0.261. The van der Waals surface area contributed by atoms with Crippen LogP contribution in [0.2, 0.25) is 0 Å². The predicted molar refractivity (Wildman–Crippen MR) is 68.2 cm³/mol. The number of hydrogen-bond acceptors (Lipinski definition) is 2. The number of rotatable bonds is 2. The van der Waals surface area contributed by atoms with Gasteiger partial charge >= 0.3 is 6.03 Å². The van der Waals surface area contributed by atoms with E-state index in [2.05, 4.69) is 5.32 Å². The summed E-state index contributed by atoms with van der Waals surface area (Å²) in [5.41, 5.74) is 0.908. The summed E-state index contributed by atoms with van der Waals surface area (Å²) in [5.74, 6) is -0.261. The Morgan fingerprint density at radius 1 is 1.32 bits per heavy atom. The Balaban J connectivity index is 1.63. The lowest BCUT2D eigenvalue weighted by atomic mass is 10.1. The van der Waals surface area contributed by atoms with Crippen LogP contribution in [-0.2, 0) is 4.74 Å². The number of ether oxygens (including phenoxy) is 1. The lowest BCUT2D eigenvalue weighted by Gasteiger charge is -2.33. The van der Waals surface area contributed by atoms with Gasteiger partial charge in [-0.25, -0.2) is 9.18 Å². The maximum atomic E-state index is 12.9. The summed E-state index contributed by atoms with van der Waals surface area (Å²) < 4.78 is 18.6. The Bertz CT molecular complexity index is 459. The first kappa shape index (κ1) is 12.4. The van der Waals surface area contributed by atoms with E-state index in [-0.39, 0.29) is 18.0 Å². The van der Waals surface area contributed by atoms with Gasteiger partial charge in [0.2, 0.25) is 0 Å². The molecule has 1 saturated carbocycles. The van der Waals surface area contributed by atoms with Crippen LogP contribution in [0.4, 0.5) is 9.18 Å². The average molecular weight is 264 g/mol. The standard InChI is InChI=1S/C14H17FN2O2/c15-11-3-1-10(2-4-11)13-9-17(7-8-19-13)14(18)16-12-5-6-12/h1-4,12-13H,5-9H2,(H,16,18). The van der Waals surface area contributed by atoms with E-state index < -0.39 is 0 Å². The first-order valence-corrected chi connectivity index (χ1v) is 6.65. The number of hydrogen-bond donors (Lipinski definition) is 1. The molecular weight excluding hydrogens is 247 g/mol. The van der Waals surface area contributed by atoms with Crippen LogP contribution in [-0.4, -0.2) is 36.7 Å². The Labute approximate surface area is 111 Å². The zero-order valence-electron chi connectivity index (χ0n) is 10.6. The zero-order valence-corrected chi connectivity index (χ0v) is 10.6. The van der Waals surface area contributed by atoms with E-state index in [1.54, 1.807) is 17.0 Å². The van der Waals surface area contributed by atoms with Crippen molar-refractivity contribution >= 4 is 6.03 Å². The second-order valence-corrected chi connectivity index (χ2v) is 5.08. The third kappa shape index (κ3) is 3.04. The molecule has 1 N–H and O–H groups in total. The number of nitrogens with one attached hydrogen (secondary N) is 1. The number of carbonyl (C=O) groups is 1. The molecule has 19 heavy (non-hydrogen) atoms. The predicted octanol–water partition coefficient (Wildman–Crippen LogP) is 2.07. The lowest BCUT2D eigenvalue weighted by Crippen LogP contribution is -2.47. The third-order valence-electron chi connectivity index (χ3n) is 3.50. The normalized spacial score (nSPS) is 23.2. The fraction of sp³-hybridized carbons (Fsp3) is 0.500. The van der Waals surface area contributed by atoms with Crippen LogP contribution in [0.25, 0.3) is 0 Å². The highest BCUT2D eigenvalue weighted by atomic mass is 19.1. The van der Waals surface area contributed by atoms with Gasteiger partial charge in [0.15, 0.2) is 0 Å². The molecule has 0 spiro atoms. The fourth-order valence-electron chi connectivity index (χ4n) is 2.21. The molecular formula is C14H17FN2O2. The maximum Gasteiger partial charge on any atom is 0.317 e. The number of amides is 2. The first-order chi connectivity index (χ1) is 9.22. The number of carbonyl (C=O) groups excluding carboxylic acids is 1. The minimum absolute atomic E-state index is 0.0158. The highest BCUT2D eigenvalue weighted by Gasteiger charge is 2.29. The van der Waals surface area contributed by atoms with Gasteiger partial charge in [-0.3, -0.25) is 0 Å². The molecule has 1 heterocycles. The van der Waals surface area contributed by atoms with Gasteiger partial charge in [0.05, 0.1) is 13.2 Å². The van der Waals surface area contributed by atoms with Crippen molar-refractivity contribution in [3.8, 4) is 0 Å². The van der Waals surface area contributed by atoms with Crippen molar-refractivity contribution < 1.29 is 13.9 Å². The first-order valence-electron chi connectivity index (χ1n) is 6.65. The molecule has 5 heteroatoms. The van der Waals surface area contributed by atoms with E-state index in [0.29, 0.717) is 25.7 Å². The SMILES string of the molecule is O=C(NC1CC1)N1CCOC(c2ccc(F)cc2)C1. The summed E-state index contributed by atoms with van der Waals surface area (Å²) in [7, 11) is 0. The second-order valence-electron chi connectivity index (χ2n) is 5.08. The van der Waals surface area contributed by atoms with Crippen molar-refractivity contribution in [1.82, 2.24) is 10.2 Å². The molecule has 1 saturated heterocycles. The summed E-state index contributed by atoms with van der Waals surface area (Å²) in [4.78, 5) is 13.8. The summed E-state index contributed by atoms with van der Waals surface area (Å²) in [5, 5.41) is 2.98. The number of morpholine rings is 1. The van der Waals surface area contributed by atoms with Crippen molar-refractivity contribution in [1.29, 1.82) is 0 Å². The highest BCUT2D eigenvalue weighted by Crippen LogP contribution is 2.24. The molecule has 2 fully saturated rings. The average Bonchev–Trinajstić information content (AvgIpc) is 3.24. The van der Waals surface area contributed by atoms with Gasteiger partial charge in [-0.1, -0.05) is 12.1 Å².